The first-order valence-electron chi connectivity index (χ1n) is 5.94. The number of hydrogen-bond donors (Lipinski definition) is 1. The van der Waals surface area contributed by atoms with E-state index in [1.165, 1.54) is 0 Å². The Morgan fingerprint density at radius 3 is 2.56 bits per heavy atom. The van der Waals surface area contributed by atoms with Crippen LogP contribution in [0.5, 0.6) is 0 Å². The Bertz CT molecular complexity index is 449. The summed E-state index contributed by atoms with van der Waals surface area (Å²) in [7, 11) is 0. The van der Waals surface area contributed by atoms with Gasteiger partial charge in [-0.05, 0) is 48.3 Å². The molecule has 0 spiro atoms. The first-order chi connectivity index (χ1) is 8.40. The van der Waals surface area contributed by atoms with Gasteiger partial charge in [-0.2, -0.15) is 0 Å². The summed E-state index contributed by atoms with van der Waals surface area (Å²) in [6.07, 6.45) is 0.965. The van der Waals surface area contributed by atoms with E-state index in [-0.39, 0.29) is 16.8 Å². The molecule has 0 atom stereocenters. The molecule has 0 aliphatic rings. The van der Waals surface area contributed by atoms with Crippen LogP contribution in [-0.2, 0) is 0 Å². The summed E-state index contributed by atoms with van der Waals surface area (Å²) in [5.41, 5.74) is 6.67. The van der Waals surface area contributed by atoms with Gasteiger partial charge in [0, 0.05) is 18.2 Å². The normalized spacial score (nSPS) is 10.8. The van der Waals surface area contributed by atoms with Gasteiger partial charge in [-0.25, -0.2) is 4.39 Å². The molecule has 18 heavy (non-hydrogen) atoms. The van der Waals surface area contributed by atoms with Crippen LogP contribution in [0.25, 0.3) is 0 Å². The van der Waals surface area contributed by atoms with E-state index in [0.29, 0.717) is 15.7 Å². The summed E-state index contributed by atoms with van der Waals surface area (Å²) in [6, 6.07) is 3.74. The van der Waals surface area contributed by atoms with Gasteiger partial charge in [0.15, 0.2) is 5.82 Å². The van der Waals surface area contributed by atoms with Crippen LogP contribution in [0.4, 0.5) is 10.1 Å². The highest BCUT2D eigenvalue weighted by Gasteiger charge is 2.18. The summed E-state index contributed by atoms with van der Waals surface area (Å²) in [5.74, 6) is -0.303. The van der Waals surface area contributed by atoms with Crippen molar-refractivity contribution in [3.05, 3.63) is 28.0 Å². The molecule has 0 radical (unpaired) electrons. The third-order valence-corrected chi connectivity index (χ3v) is 3.72. The number of rotatable bonds is 5. The fourth-order valence-electron chi connectivity index (χ4n) is 1.85. The summed E-state index contributed by atoms with van der Waals surface area (Å²) >= 11 is 8.12. The molecule has 0 amide bonds. The molecule has 0 aliphatic heterocycles. The Labute approximate surface area is 121 Å². The molecule has 2 N–H and O–H groups in total. The fraction of sp³-hybridized carbons (Fsp3) is 0.462. The summed E-state index contributed by atoms with van der Waals surface area (Å²) in [4.78, 5) is 2.22. The molecule has 1 aromatic rings. The Balaban J connectivity index is 3.25. The number of nitrogens with two attached hydrogens (primary N) is 1. The molecule has 0 unspecified atom stereocenters. The molecule has 0 saturated carbocycles. The lowest BCUT2D eigenvalue weighted by Gasteiger charge is -2.29. The van der Waals surface area contributed by atoms with Crippen molar-refractivity contribution < 1.29 is 4.39 Å². The largest absolute Gasteiger partial charge is 0.389 e. The maximum absolute atomic E-state index is 14.4. The predicted octanol–water partition coefficient (Wildman–Crippen LogP) is 3.85. The van der Waals surface area contributed by atoms with Gasteiger partial charge in [-0.3, -0.25) is 0 Å². The molecule has 1 rings (SSSR count). The SMILES string of the molecule is CCCN(c1ccc(C(N)=S)c(Br)c1F)C(C)C. The summed E-state index contributed by atoms with van der Waals surface area (Å²) in [5, 5.41) is 0. The van der Waals surface area contributed by atoms with Crippen molar-refractivity contribution in [1.82, 2.24) is 0 Å². The highest BCUT2D eigenvalue weighted by Crippen LogP contribution is 2.30. The molecule has 0 heterocycles. The van der Waals surface area contributed by atoms with Crippen molar-refractivity contribution in [1.29, 1.82) is 0 Å². The lowest BCUT2D eigenvalue weighted by atomic mass is 10.1. The molecule has 5 heteroatoms. The van der Waals surface area contributed by atoms with Crippen molar-refractivity contribution in [3.63, 3.8) is 0 Å². The van der Waals surface area contributed by atoms with E-state index >= 15 is 0 Å². The summed E-state index contributed by atoms with van der Waals surface area (Å²) in [6.45, 7) is 6.98. The Morgan fingerprint density at radius 2 is 2.11 bits per heavy atom. The molecular formula is C13H18BrFN2S. The third-order valence-electron chi connectivity index (χ3n) is 2.72. The van der Waals surface area contributed by atoms with Gasteiger partial charge in [0.05, 0.1) is 10.2 Å². The lowest BCUT2D eigenvalue weighted by Crippen LogP contribution is -2.32. The van der Waals surface area contributed by atoms with Gasteiger partial charge < -0.3 is 10.6 Å². The van der Waals surface area contributed by atoms with Crippen LogP contribution in [-0.4, -0.2) is 17.6 Å². The Morgan fingerprint density at radius 1 is 1.50 bits per heavy atom. The van der Waals surface area contributed by atoms with E-state index < -0.39 is 0 Å². The van der Waals surface area contributed by atoms with E-state index in [4.69, 9.17) is 18.0 Å². The van der Waals surface area contributed by atoms with E-state index in [1.807, 2.05) is 18.7 Å². The zero-order valence-corrected chi connectivity index (χ0v) is 13.2. The van der Waals surface area contributed by atoms with E-state index in [1.54, 1.807) is 12.1 Å². The second-order valence-corrected chi connectivity index (χ2v) is 5.64. The van der Waals surface area contributed by atoms with E-state index in [2.05, 4.69) is 22.9 Å². The first kappa shape index (κ1) is 15.4. The molecule has 0 aliphatic carbocycles. The van der Waals surface area contributed by atoms with Gasteiger partial charge in [0.1, 0.15) is 4.99 Å². The van der Waals surface area contributed by atoms with Gasteiger partial charge in [0.25, 0.3) is 0 Å². The molecule has 0 bridgehead atoms. The minimum atomic E-state index is -0.303. The second-order valence-electron chi connectivity index (χ2n) is 4.41. The molecule has 0 saturated heterocycles. The number of nitrogens with zero attached hydrogens (tertiary/aromatic N) is 1. The van der Waals surface area contributed by atoms with Gasteiger partial charge in [-0.1, -0.05) is 19.1 Å². The zero-order valence-electron chi connectivity index (χ0n) is 10.8. The van der Waals surface area contributed by atoms with E-state index in [9.17, 15) is 4.39 Å². The number of halogens is 2. The van der Waals surface area contributed by atoms with Gasteiger partial charge in [0.2, 0.25) is 0 Å². The minimum Gasteiger partial charge on any atom is -0.389 e. The Hall–Kier alpha value is -0.680. The minimum absolute atomic E-state index is 0.193. The van der Waals surface area contributed by atoms with Gasteiger partial charge in [-0.15, -0.1) is 0 Å². The van der Waals surface area contributed by atoms with Crippen LogP contribution in [0, 0.1) is 5.82 Å². The summed E-state index contributed by atoms with van der Waals surface area (Å²) < 4.78 is 14.7. The average molecular weight is 333 g/mol. The number of hydrogen-bond acceptors (Lipinski definition) is 2. The van der Waals surface area contributed by atoms with Crippen LogP contribution < -0.4 is 10.6 Å². The molecule has 100 valence electrons. The molecule has 0 fully saturated rings. The molecule has 2 nitrogen and oxygen atoms in total. The molecule has 0 aromatic heterocycles. The lowest BCUT2D eigenvalue weighted by molar-refractivity contribution is 0.592. The van der Waals surface area contributed by atoms with E-state index in [0.717, 1.165) is 13.0 Å². The highest BCUT2D eigenvalue weighted by molar-refractivity contribution is 9.10. The van der Waals surface area contributed by atoms with Crippen molar-refractivity contribution in [2.24, 2.45) is 5.73 Å². The molecule has 1 aromatic carbocycles. The van der Waals surface area contributed by atoms with Crippen LogP contribution >= 0.6 is 28.1 Å². The van der Waals surface area contributed by atoms with Crippen molar-refractivity contribution in [2.75, 3.05) is 11.4 Å². The standard InChI is InChI=1S/C13H18BrFN2S/c1-4-7-17(8(2)3)10-6-5-9(13(16)18)11(14)12(10)15/h5-6,8H,4,7H2,1-3H3,(H2,16,18). The van der Waals surface area contributed by atoms with Gasteiger partial charge >= 0.3 is 0 Å². The van der Waals surface area contributed by atoms with Crippen LogP contribution in [0.2, 0.25) is 0 Å². The second kappa shape index (κ2) is 6.48. The first-order valence-corrected chi connectivity index (χ1v) is 7.14. The predicted molar refractivity (Wildman–Crippen MR) is 82.8 cm³/mol. The number of anilines is 1. The zero-order chi connectivity index (χ0) is 13.9. The number of thiocarbonyl (C=S) groups is 1. The fourth-order valence-corrected chi connectivity index (χ4v) is 2.70. The Kier molecular flexibility index (Phi) is 5.53. The quantitative estimate of drug-likeness (QED) is 0.830. The van der Waals surface area contributed by atoms with Crippen molar-refractivity contribution in [3.8, 4) is 0 Å². The maximum Gasteiger partial charge on any atom is 0.161 e. The van der Waals surface area contributed by atoms with Crippen LogP contribution in [0.1, 0.15) is 32.8 Å². The number of benzene rings is 1. The van der Waals surface area contributed by atoms with Crippen LogP contribution in [0.3, 0.4) is 0 Å². The highest BCUT2D eigenvalue weighted by atomic mass is 79.9. The van der Waals surface area contributed by atoms with Crippen molar-refractivity contribution >= 4 is 38.8 Å². The maximum atomic E-state index is 14.4. The topological polar surface area (TPSA) is 29.3 Å². The molecular weight excluding hydrogens is 315 g/mol. The average Bonchev–Trinajstić information content (AvgIpc) is 2.29. The monoisotopic (exact) mass is 332 g/mol. The smallest absolute Gasteiger partial charge is 0.161 e. The van der Waals surface area contributed by atoms with Crippen LogP contribution in [0.15, 0.2) is 16.6 Å². The van der Waals surface area contributed by atoms with Crippen molar-refractivity contribution in [2.45, 2.75) is 33.2 Å². The third kappa shape index (κ3) is 3.20.